The first kappa shape index (κ1) is 17.7. The van der Waals surface area contributed by atoms with Crippen LogP contribution in [0.4, 0.5) is 5.82 Å². The summed E-state index contributed by atoms with van der Waals surface area (Å²) in [6.07, 6.45) is 2.57. The summed E-state index contributed by atoms with van der Waals surface area (Å²) in [5.74, 6) is 0.614. The fourth-order valence-corrected chi connectivity index (χ4v) is 2.64. The van der Waals surface area contributed by atoms with Crippen LogP contribution >= 0.6 is 0 Å². The number of anilines is 1. The van der Waals surface area contributed by atoms with Gasteiger partial charge in [-0.25, -0.2) is 4.98 Å². The maximum atomic E-state index is 12.4. The highest BCUT2D eigenvalue weighted by molar-refractivity contribution is 5.94. The van der Waals surface area contributed by atoms with Crippen molar-refractivity contribution in [1.82, 2.24) is 10.3 Å². The SMILES string of the molecule is Cc1ccc(CNC(=O)c2ccnc(NCCc3ccccc3)c2)cc1. The van der Waals surface area contributed by atoms with Crippen LogP contribution in [0, 0.1) is 6.92 Å². The quantitative estimate of drug-likeness (QED) is 0.681. The van der Waals surface area contributed by atoms with E-state index in [1.807, 2.05) is 49.4 Å². The summed E-state index contributed by atoms with van der Waals surface area (Å²) in [5, 5.41) is 6.23. The van der Waals surface area contributed by atoms with Crippen LogP contribution < -0.4 is 10.6 Å². The number of rotatable bonds is 7. The predicted molar refractivity (Wildman–Crippen MR) is 105 cm³/mol. The monoisotopic (exact) mass is 345 g/mol. The number of aryl methyl sites for hydroxylation is 1. The van der Waals surface area contributed by atoms with Crippen LogP contribution in [-0.2, 0) is 13.0 Å². The number of hydrogen-bond donors (Lipinski definition) is 2. The predicted octanol–water partition coefficient (Wildman–Crippen LogP) is 3.97. The molecule has 26 heavy (non-hydrogen) atoms. The Bertz CT molecular complexity index is 845. The maximum Gasteiger partial charge on any atom is 0.251 e. The van der Waals surface area contributed by atoms with Gasteiger partial charge >= 0.3 is 0 Å². The van der Waals surface area contributed by atoms with Gasteiger partial charge in [-0.15, -0.1) is 0 Å². The Kier molecular flexibility index (Phi) is 5.99. The average molecular weight is 345 g/mol. The fourth-order valence-electron chi connectivity index (χ4n) is 2.64. The lowest BCUT2D eigenvalue weighted by Gasteiger charge is -2.09. The molecule has 4 heteroatoms. The van der Waals surface area contributed by atoms with Gasteiger partial charge in [-0.05, 0) is 36.6 Å². The molecule has 2 aromatic carbocycles. The Labute approximate surface area is 154 Å². The molecule has 0 spiro atoms. The molecule has 3 aromatic rings. The lowest BCUT2D eigenvalue weighted by atomic mass is 10.1. The largest absolute Gasteiger partial charge is 0.370 e. The molecule has 0 radical (unpaired) electrons. The fraction of sp³-hybridized carbons (Fsp3) is 0.182. The number of amides is 1. The van der Waals surface area contributed by atoms with E-state index in [-0.39, 0.29) is 5.91 Å². The number of nitrogens with one attached hydrogen (secondary N) is 2. The van der Waals surface area contributed by atoms with E-state index in [0.29, 0.717) is 17.9 Å². The van der Waals surface area contributed by atoms with Crippen molar-refractivity contribution in [3.63, 3.8) is 0 Å². The summed E-state index contributed by atoms with van der Waals surface area (Å²) in [7, 11) is 0. The first-order chi connectivity index (χ1) is 12.7. The smallest absolute Gasteiger partial charge is 0.251 e. The van der Waals surface area contributed by atoms with Crippen molar-refractivity contribution < 1.29 is 4.79 Å². The first-order valence-corrected chi connectivity index (χ1v) is 8.78. The Hall–Kier alpha value is -3.14. The van der Waals surface area contributed by atoms with Crippen molar-refractivity contribution in [2.75, 3.05) is 11.9 Å². The second kappa shape index (κ2) is 8.81. The summed E-state index contributed by atoms with van der Waals surface area (Å²) < 4.78 is 0. The molecule has 1 aromatic heterocycles. The topological polar surface area (TPSA) is 54.0 Å². The van der Waals surface area contributed by atoms with Crippen molar-refractivity contribution in [3.8, 4) is 0 Å². The molecule has 1 heterocycles. The molecule has 0 aliphatic carbocycles. The molecular weight excluding hydrogens is 322 g/mol. The van der Waals surface area contributed by atoms with E-state index in [1.165, 1.54) is 11.1 Å². The van der Waals surface area contributed by atoms with Crippen molar-refractivity contribution in [2.45, 2.75) is 19.9 Å². The molecule has 0 saturated heterocycles. The van der Waals surface area contributed by atoms with E-state index in [2.05, 4.69) is 27.8 Å². The van der Waals surface area contributed by atoms with Crippen LogP contribution in [0.5, 0.6) is 0 Å². The molecule has 1 amide bonds. The molecule has 0 saturated carbocycles. The summed E-state index contributed by atoms with van der Waals surface area (Å²) in [6, 6.07) is 21.9. The van der Waals surface area contributed by atoms with E-state index >= 15 is 0 Å². The lowest BCUT2D eigenvalue weighted by Crippen LogP contribution is -2.23. The minimum Gasteiger partial charge on any atom is -0.370 e. The summed E-state index contributed by atoms with van der Waals surface area (Å²) in [5.41, 5.74) is 4.17. The molecule has 4 nitrogen and oxygen atoms in total. The minimum absolute atomic E-state index is 0.0981. The van der Waals surface area contributed by atoms with Gasteiger partial charge < -0.3 is 10.6 Å². The highest BCUT2D eigenvalue weighted by Crippen LogP contribution is 2.09. The van der Waals surface area contributed by atoms with Crippen LogP contribution in [0.25, 0.3) is 0 Å². The minimum atomic E-state index is -0.0981. The molecule has 0 aliphatic rings. The van der Waals surface area contributed by atoms with Gasteiger partial charge in [0.15, 0.2) is 0 Å². The van der Waals surface area contributed by atoms with E-state index in [9.17, 15) is 4.79 Å². The maximum absolute atomic E-state index is 12.4. The van der Waals surface area contributed by atoms with Gasteiger partial charge in [-0.2, -0.15) is 0 Å². The zero-order valence-corrected chi connectivity index (χ0v) is 14.9. The molecule has 0 unspecified atom stereocenters. The summed E-state index contributed by atoms with van der Waals surface area (Å²) in [6.45, 7) is 3.33. The first-order valence-electron chi connectivity index (χ1n) is 8.78. The number of aromatic nitrogens is 1. The van der Waals surface area contributed by atoms with Crippen molar-refractivity contribution in [2.24, 2.45) is 0 Å². The normalized spacial score (nSPS) is 10.3. The zero-order valence-electron chi connectivity index (χ0n) is 14.9. The van der Waals surface area contributed by atoms with Crippen LogP contribution in [-0.4, -0.2) is 17.4 Å². The highest BCUT2D eigenvalue weighted by Gasteiger charge is 2.07. The van der Waals surface area contributed by atoms with Gasteiger partial charge in [0.05, 0.1) is 0 Å². The second-order valence-corrected chi connectivity index (χ2v) is 6.26. The zero-order chi connectivity index (χ0) is 18.2. The van der Waals surface area contributed by atoms with Crippen molar-refractivity contribution >= 4 is 11.7 Å². The number of nitrogens with zero attached hydrogens (tertiary/aromatic N) is 1. The van der Waals surface area contributed by atoms with Crippen molar-refractivity contribution in [3.05, 3.63) is 95.2 Å². The van der Waals surface area contributed by atoms with Crippen molar-refractivity contribution in [1.29, 1.82) is 0 Å². The number of carbonyl (C=O) groups excluding carboxylic acids is 1. The molecule has 0 bridgehead atoms. The third kappa shape index (κ3) is 5.18. The van der Waals surface area contributed by atoms with E-state index in [0.717, 1.165) is 18.5 Å². The number of benzene rings is 2. The third-order valence-corrected chi connectivity index (χ3v) is 4.16. The Morgan fingerprint density at radius 2 is 1.73 bits per heavy atom. The molecule has 0 atom stereocenters. The van der Waals surface area contributed by atoms with Gasteiger partial charge in [0.2, 0.25) is 0 Å². The van der Waals surface area contributed by atoms with E-state index in [1.54, 1.807) is 18.3 Å². The Balaban J connectivity index is 1.52. The molecule has 3 rings (SSSR count). The number of carbonyl (C=O) groups is 1. The molecule has 2 N–H and O–H groups in total. The van der Waals surface area contributed by atoms with E-state index < -0.39 is 0 Å². The summed E-state index contributed by atoms with van der Waals surface area (Å²) >= 11 is 0. The average Bonchev–Trinajstić information content (AvgIpc) is 2.68. The van der Waals surface area contributed by atoms with Gasteiger partial charge in [-0.1, -0.05) is 60.2 Å². The molecule has 132 valence electrons. The summed E-state index contributed by atoms with van der Waals surface area (Å²) in [4.78, 5) is 16.7. The van der Waals surface area contributed by atoms with Crippen LogP contribution in [0.2, 0.25) is 0 Å². The van der Waals surface area contributed by atoms with Gasteiger partial charge in [0, 0.05) is 24.8 Å². The van der Waals surface area contributed by atoms with Gasteiger partial charge in [-0.3, -0.25) is 4.79 Å². The highest BCUT2D eigenvalue weighted by atomic mass is 16.1. The molecular formula is C22H23N3O. The molecule has 0 aliphatic heterocycles. The Morgan fingerprint density at radius 3 is 2.50 bits per heavy atom. The number of pyridine rings is 1. The second-order valence-electron chi connectivity index (χ2n) is 6.26. The lowest BCUT2D eigenvalue weighted by molar-refractivity contribution is 0.0951. The standard InChI is InChI=1S/C22H23N3O/c1-17-7-9-19(10-8-17)16-25-22(26)20-12-14-24-21(15-20)23-13-11-18-5-3-2-4-6-18/h2-10,12,14-15H,11,13,16H2,1H3,(H,23,24)(H,25,26). The Morgan fingerprint density at radius 1 is 0.962 bits per heavy atom. The van der Waals surface area contributed by atoms with Crippen LogP contribution in [0.1, 0.15) is 27.0 Å². The van der Waals surface area contributed by atoms with Gasteiger partial charge in [0.1, 0.15) is 5.82 Å². The van der Waals surface area contributed by atoms with Gasteiger partial charge in [0.25, 0.3) is 5.91 Å². The number of hydrogen-bond acceptors (Lipinski definition) is 3. The van der Waals surface area contributed by atoms with Crippen LogP contribution in [0.3, 0.4) is 0 Å². The third-order valence-electron chi connectivity index (χ3n) is 4.16. The van der Waals surface area contributed by atoms with E-state index in [4.69, 9.17) is 0 Å². The molecule has 0 fully saturated rings. The van der Waals surface area contributed by atoms with Crippen LogP contribution in [0.15, 0.2) is 72.9 Å².